The highest BCUT2D eigenvalue weighted by molar-refractivity contribution is 8.00. The van der Waals surface area contributed by atoms with Gasteiger partial charge in [-0.15, -0.1) is 11.8 Å². The second-order valence-electron chi connectivity index (χ2n) is 7.75. The molecule has 1 atom stereocenters. The summed E-state index contributed by atoms with van der Waals surface area (Å²) in [6.07, 6.45) is 1.47. The van der Waals surface area contributed by atoms with Gasteiger partial charge < -0.3 is 10.6 Å². The first kappa shape index (κ1) is 25.0. The number of benzene rings is 3. The SMILES string of the molecule is CCc1cccc(C)c1NC(=O)C(CC)Sc1cccc(NC(=O)c2ccc([N+](=O)[O-])cc2)c1. The normalized spacial score (nSPS) is 11.5. The number of nitrogens with one attached hydrogen (secondary N) is 2. The maximum Gasteiger partial charge on any atom is 0.269 e. The number of hydrogen-bond donors (Lipinski definition) is 2. The number of para-hydroxylation sites is 1. The Kier molecular flexibility index (Phi) is 8.43. The molecule has 0 fully saturated rings. The molecule has 0 aliphatic heterocycles. The van der Waals surface area contributed by atoms with Crippen LogP contribution in [0.1, 0.15) is 41.8 Å². The van der Waals surface area contributed by atoms with E-state index in [1.54, 1.807) is 6.07 Å². The molecule has 0 aliphatic rings. The van der Waals surface area contributed by atoms with E-state index in [4.69, 9.17) is 0 Å². The van der Waals surface area contributed by atoms with Crippen molar-refractivity contribution in [2.24, 2.45) is 0 Å². The number of hydrogen-bond acceptors (Lipinski definition) is 5. The molecule has 176 valence electrons. The third kappa shape index (κ3) is 6.23. The van der Waals surface area contributed by atoms with E-state index in [9.17, 15) is 19.7 Å². The van der Waals surface area contributed by atoms with E-state index in [2.05, 4.69) is 17.6 Å². The Balaban J connectivity index is 1.69. The van der Waals surface area contributed by atoms with Crippen LogP contribution in [0.15, 0.2) is 71.6 Å². The molecule has 7 nitrogen and oxygen atoms in total. The third-order valence-corrected chi connectivity index (χ3v) is 6.72. The van der Waals surface area contributed by atoms with Crippen molar-refractivity contribution in [3.05, 3.63) is 93.5 Å². The molecular formula is C26H27N3O4S. The van der Waals surface area contributed by atoms with Gasteiger partial charge in [-0.05, 0) is 61.2 Å². The Morgan fingerprint density at radius 2 is 1.71 bits per heavy atom. The van der Waals surface area contributed by atoms with E-state index in [-0.39, 0.29) is 22.8 Å². The summed E-state index contributed by atoms with van der Waals surface area (Å²) in [6, 6.07) is 18.7. The lowest BCUT2D eigenvalue weighted by molar-refractivity contribution is -0.384. The second kappa shape index (κ2) is 11.5. The van der Waals surface area contributed by atoms with Gasteiger partial charge in [0.2, 0.25) is 5.91 Å². The lowest BCUT2D eigenvalue weighted by atomic mass is 10.1. The molecule has 3 aromatic carbocycles. The molecule has 34 heavy (non-hydrogen) atoms. The van der Waals surface area contributed by atoms with Crippen molar-refractivity contribution in [2.75, 3.05) is 10.6 Å². The highest BCUT2D eigenvalue weighted by Gasteiger charge is 2.20. The molecule has 3 aromatic rings. The van der Waals surface area contributed by atoms with Crippen LogP contribution in [-0.4, -0.2) is 22.0 Å². The highest BCUT2D eigenvalue weighted by Crippen LogP contribution is 2.30. The predicted octanol–water partition coefficient (Wildman–Crippen LogP) is 6.23. The number of thioether (sulfide) groups is 1. The van der Waals surface area contributed by atoms with Crippen molar-refractivity contribution in [3.8, 4) is 0 Å². The number of nitro benzene ring substituents is 1. The van der Waals surface area contributed by atoms with Crippen LogP contribution in [0.5, 0.6) is 0 Å². The second-order valence-corrected chi connectivity index (χ2v) is 9.03. The fraction of sp³-hybridized carbons (Fsp3) is 0.231. The zero-order valence-electron chi connectivity index (χ0n) is 19.3. The summed E-state index contributed by atoms with van der Waals surface area (Å²) < 4.78 is 0. The maximum atomic E-state index is 13.0. The van der Waals surface area contributed by atoms with Crippen molar-refractivity contribution < 1.29 is 14.5 Å². The molecule has 3 rings (SSSR count). The standard InChI is InChI=1S/C26H27N3O4S/c1-4-18-9-6-8-17(3)24(18)28-26(31)23(5-2)34-22-11-7-10-20(16-22)27-25(30)19-12-14-21(15-13-19)29(32)33/h6-16,23H,4-5H2,1-3H3,(H,27,30)(H,28,31). The van der Waals surface area contributed by atoms with Gasteiger partial charge in [0.05, 0.1) is 10.2 Å². The molecular weight excluding hydrogens is 450 g/mol. The van der Waals surface area contributed by atoms with Crippen molar-refractivity contribution in [1.29, 1.82) is 0 Å². The number of carbonyl (C=O) groups excluding carboxylic acids is 2. The van der Waals surface area contributed by atoms with Gasteiger partial charge in [0.1, 0.15) is 0 Å². The van der Waals surface area contributed by atoms with Gasteiger partial charge in [-0.3, -0.25) is 19.7 Å². The van der Waals surface area contributed by atoms with E-state index in [0.717, 1.165) is 28.1 Å². The fourth-order valence-corrected chi connectivity index (χ4v) is 4.49. The predicted molar refractivity (Wildman–Crippen MR) is 137 cm³/mol. The Labute approximate surface area is 203 Å². The van der Waals surface area contributed by atoms with Crippen molar-refractivity contribution in [2.45, 2.75) is 43.8 Å². The Morgan fingerprint density at radius 3 is 2.35 bits per heavy atom. The number of nitro groups is 1. The number of anilines is 2. The first-order valence-corrected chi connectivity index (χ1v) is 11.9. The summed E-state index contributed by atoms with van der Waals surface area (Å²) in [7, 11) is 0. The largest absolute Gasteiger partial charge is 0.325 e. The van der Waals surface area contributed by atoms with E-state index in [0.29, 0.717) is 17.7 Å². The summed E-state index contributed by atoms with van der Waals surface area (Å²) in [5.74, 6) is -0.426. The quantitative estimate of drug-likeness (QED) is 0.216. The summed E-state index contributed by atoms with van der Waals surface area (Å²) in [6.45, 7) is 6.02. The molecule has 0 aromatic heterocycles. The molecule has 2 N–H and O–H groups in total. The van der Waals surface area contributed by atoms with Crippen LogP contribution in [0.4, 0.5) is 17.1 Å². The fourth-order valence-electron chi connectivity index (χ4n) is 3.48. The molecule has 0 saturated carbocycles. The van der Waals surface area contributed by atoms with Gasteiger partial charge in [-0.1, -0.05) is 38.1 Å². The van der Waals surface area contributed by atoms with E-state index < -0.39 is 4.92 Å². The lowest BCUT2D eigenvalue weighted by Gasteiger charge is -2.18. The highest BCUT2D eigenvalue weighted by atomic mass is 32.2. The number of aryl methyl sites for hydroxylation is 2. The number of rotatable bonds is 9. The van der Waals surface area contributed by atoms with Crippen molar-refractivity contribution >= 4 is 40.6 Å². The Bertz CT molecular complexity index is 1190. The molecule has 8 heteroatoms. The van der Waals surface area contributed by atoms with Gasteiger partial charge in [0, 0.05) is 34.0 Å². The van der Waals surface area contributed by atoms with Crippen LogP contribution >= 0.6 is 11.8 Å². The number of non-ortho nitro benzene ring substituents is 1. The lowest BCUT2D eigenvalue weighted by Crippen LogP contribution is -2.25. The summed E-state index contributed by atoms with van der Waals surface area (Å²) in [5.41, 5.74) is 3.83. The maximum absolute atomic E-state index is 13.0. The van der Waals surface area contributed by atoms with Crippen LogP contribution in [-0.2, 0) is 11.2 Å². The number of carbonyl (C=O) groups is 2. The Morgan fingerprint density at radius 1 is 1.00 bits per heavy atom. The first-order chi connectivity index (χ1) is 16.3. The summed E-state index contributed by atoms with van der Waals surface area (Å²) >= 11 is 1.44. The third-order valence-electron chi connectivity index (χ3n) is 5.36. The average molecular weight is 478 g/mol. The zero-order valence-corrected chi connectivity index (χ0v) is 20.1. The zero-order chi connectivity index (χ0) is 24.7. The monoisotopic (exact) mass is 477 g/mol. The number of nitrogens with zero attached hydrogens (tertiary/aromatic N) is 1. The van der Waals surface area contributed by atoms with Crippen LogP contribution < -0.4 is 10.6 Å². The van der Waals surface area contributed by atoms with Crippen LogP contribution in [0.3, 0.4) is 0 Å². The average Bonchev–Trinajstić information content (AvgIpc) is 2.83. The van der Waals surface area contributed by atoms with Crippen molar-refractivity contribution in [3.63, 3.8) is 0 Å². The number of amides is 2. The van der Waals surface area contributed by atoms with Gasteiger partial charge in [-0.25, -0.2) is 0 Å². The van der Waals surface area contributed by atoms with Gasteiger partial charge >= 0.3 is 0 Å². The smallest absolute Gasteiger partial charge is 0.269 e. The molecule has 0 heterocycles. The first-order valence-electron chi connectivity index (χ1n) is 11.0. The molecule has 0 radical (unpaired) electrons. The molecule has 0 bridgehead atoms. The molecule has 0 spiro atoms. The molecule has 0 saturated heterocycles. The van der Waals surface area contributed by atoms with Gasteiger partial charge in [-0.2, -0.15) is 0 Å². The minimum atomic E-state index is -0.509. The van der Waals surface area contributed by atoms with E-state index in [1.807, 2.05) is 50.2 Å². The van der Waals surface area contributed by atoms with Crippen LogP contribution in [0.25, 0.3) is 0 Å². The molecule has 0 aliphatic carbocycles. The van der Waals surface area contributed by atoms with E-state index >= 15 is 0 Å². The van der Waals surface area contributed by atoms with E-state index in [1.165, 1.54) is 36.0 Å². The topological polar surface area (TPSA) is 101 Å². The van der Waals surface area contributed by atoms with Gasteiger partial charge in [0.15, 0.2) is 0 Å². The summed E-state index contributed by atoms with van der Waals surface area (Å²) in [4.78, 5) is 36.7. The molecule has 1 unspecified atom stereocenters. The van der Waals surface area contributed by atoms with Crippen LogP contribution in [0, 0.1) is 17.0 Å². The van der Waals surface area contributed by atoms with Gasteiger partial charge in [0.25, 0.3) is 11.6 Å². The molecule has 2 amide bonds. The van der Waals surface area contributed by atoms with Crippen LogP contribution in [0.2, 0.25) is 0 Å². The minimum absolute atomic E-state index is 0.0585. The minimum Gasteiger partial charge on any atom is -0.325 e. The summed E-state index contributed by atoms with van der Waals surface area (Å²) in [5, 5.41) is 16.4. The Hall–Kier alpha value is -3.65. The van der Waals surface area contributed by atoms with Crippen molar-refractivity contribution in [1.82, 2.24) is 0 Å².